The highest BCUT2D eigenvalue weighted by Crippen LogP contribution is 2.14. The van der Waals surface area contributed by atoms with E-state index in [1.54, 1.807) is 18.2 Å². The third kappa shape index (κ3) is 3.50. The lowest BCUT2D eigenvalue weighted by atomic mass is 10.2. The topological polar surface area (TPSA) is 82.9 Å². The standard InChI is InChI=1S/C15H17N5O2/c21-13-4-2-1-3-12(13)11-16-17-14-5-6-15(19-18-14)20-7-9-22-10-8-20/h1-6,11,21H,7-10H2,(H,17,18)/b16-11-. The van der Waals surface area contributed by atoms with E-state index in [2.05, 4.69) is 25.6 Å². The van der Waals surface area contributed by atoms with Crippen molar-refractivity contribution in [3.63, 3.8) is 0 Å². The van der Waals surface area contributed by atoms with Crippen molar-refractivity contribution >= 4 is 17.9 Å². The first-order valence-corrected chi connectivity index (χ1v) is 7.06. The molecule has 0 atom stereocenters. The number of hydrogen-bond acceptors (Lipinski definition) is 7. The summed E-state index contributed by atoms with van der Waals surface area (Å²) < 4.78 is 5.31. The fourth-order valence-corrected chi connectivity index (χ4v) is 2.11. The van der Waals surface area contributed by atoms with Gasteiger partial charge in [-0.1, -0.05) is 12.1 Å². The molecule has 7 heteroatoms. The fourth-order valence-electron chi connectivity index (χ4n) is 2.11. The van der Waals surface area contributed by atoms with E-state index in [4.69, 9.17) is 4.74 Å². The number of anilines is 2. The van der Waals surface area contributed by atoms with Crippen LogP contribution in [0.2, 0.25) is 0 Å². The zero-order chi connectivity index (χ0) is 15.2. The van der Waals surface area contributed by atoms with Crippen molar-refractivity contribution in [1.82, 2.24) is 10.2 Å². The first kappa shape index (κ1) is 14.3. The Kier molecular flexibility index (Phi) is 4.45. The van der Waals surface area contributed by atoms with Gasteiger partial charge in [-0.25, -0.2) is 0 Å². The van der Waals surface area contributed by atoms with Crippen LogP contribution in [0.25, 0.3) is 0 Å². The normalized spacial score (nSPS) is 15.2. The minimum absolute atomic E-state index is 0.182. The molecule has 0 radical (unpaired) electrons. The van der Waals surface area contributed by atoms with E-state index in [9.17, 15) is 5.11 Å². The van der Waals surface area contributed by atoms with Gasteiger partial charge < -0.3 is 14.7 Å². The number of hydrazone groups is 1. The van der Waals surface area contributed by atoms with Crippen molar-refractivity contribution in [2.24, 2.45) is 5.10 Å². The van der Waals surface area contributed by atoms with Gasteiger partial charge in [-0.3, -0.25) is 5.43 Å². The molecule has 2 heterocycles. The zero-order valence-electron chi connectivity index (χ0n) is 12.0. The number of nitrogens with zero attached hydrogens (tertiary/aromatic N) is 4. The summed E-state index contributed by atoms with van der Waals surface area (Å²) >= 11 is 0. The lowest BCUT2D eigenvalue weighted by molar-refractivity contribution is 0.122. The molecule has 1 saturated heterocycles. The number of ether oxygens (including phenoxy) is 1. The summed E-state index contributed by atoms with van der Waals surface area (Å²) in [4.78, 5) is 2.13. The molecule has 1 fully saturated rings. The van der Waals surface area contributed by atoms with Crippen molar-refractivity contribution in [1.29, 1.82) is 0 Å². The molecule has 2 N–H and O–H groups in total. The number of morpholine rings is 1. The van der Waals surface area contributed by atoms with Gasteiger partial charge in [-0.05, 0) is 24.3 Å². The Labute approximate surface area is 128 Å². The maximum absolute atomic E-state index is 9.63. The quantitative estimate of drug-likeness (QED) is 0.657. The molecule has 3 rings (SSSR count). The third-order valence-corrected chi connectivity index (χ3v) is 3.31. The summed E-state index contributed by atoms with van der Waals surface area (Å²) in [5.74, 6) is 1.56. The molecule has 22 heavy (non-hydrogen) atoms. The van der Waals surface area contributed by atoms with E-state index in [-0.39, 0.29) is 5.75 Å². The minimum Gasteiger partial charge on any atom is -0.507 e. The van der Waals surface area contributed by atoms with Gasteiger partial charge in [0.15, 0.2) is 11.6 Å². The van der Waals surface area contributed by atoms with E-state index in [0.29, 0.717) is 24.6 Å². The Morgan fingerprint density at radius 3 is 2.68 bits per heavy atom. The number of aromatic hydroxyl groups is 1. The summed E-state index contributed by atoms with van der Waals surface area (Å²) in [7, 11) is 0. The summed E-state index contributed by atoms with van der Waals surface area (Å²) in [5, 5.41) is 21.9. The lowest BCUT2D eigenvalue weighted by Crippen LogP contribution is -2.36. The first-order valence-electron chi connectivity index (χ1n) is 7.06. The molecule has 0 spiro atoms. The summed E-state index contributed by atoms with van der Waals surface area (Å²) in [6, 6.07) is 10.7. The minimum atomic E-state index is 0.182. The smallest absolute Gasteiger partial charge is 0.168 e. The van der Waals surface area contributed by atoms with Crippen LogP contribution >= 0.6 is 0 Å². The van der Waals surface area contributed by atoms with E-state index in [1.807, 2.05) is 18.2 Å². The molecule has 1 aliphatic heterocycles. The second-order valence-corrected chi connectivity index (χ2v) is 4.81. The Morgan fingerprint density at radius 2 is 1.95 bits per heavy atom. The highest BCUT2D eigenvalue weighted by molar-refractivity contribution is 5.83. The van der Waals surface area contributed by atoms with Gasteiger partial charge >= 0.3 is 0 Å². The molecule has 114 valence electrons. The van der Waals surface area contributed by atoms with Crippen LogP contribution in [0.15, 0.2) is 41.5 Å². The summed E-state index contributed by atoms with van der Waals surface area (Å²) in [5.41, 5.74) is 3.42. The largest absolute Gasteiger partial charge is 0.507 e. The molecule has 1 aliphatic rings. The first-order chi connectivity index (χ1) is 10.8. The number of rotatable bonds is 4. The number of phenolic OH excluding ortho intramolecular Hbond substituents is 1. The number of phenols is 1. The number of nitrogens with one attached hydrogen (secondary N) is 1. The van der Waals surface area contributed by atoms with Gasteiger partial charge in [0.25, 0.3) is 0 Å². The van der Waals surface area contributed by atoms with Gasteiger partial charge in [0.2, 0.25) is 0 Å². The van der Waals surface area contributed by atoms with E-state index < -0.39 is 0 Å². The molecule has 7 nitrogen and oxygen atoms in total. The molecule has 0 unspecified atom stereocenters. The van der Waals surface area contributed by atoms with Crippen LogP contribution in [-0.2, 0) is 4.74 Å². The van der Waals surface area contributed by atoms with E-state index in [1.165, 1.54) is 6.21 Å². The van der Waals surface area contributed by atoms with Crippen LogP contribution in [0.4, 0.5) is 11.6 Å². The number of para-hydroxylation sites is 1. The Hall–Kier alpha value is -2.67. The summed E-state index contributed by atoms with van der Waals surface area (Å²) in [6.07, 6.45) is 1.53. The van der Waals surface area contributed by atoms with Crippen molar-refractivity contribution in [3.8, 4) is 5.75 Å². The van der Waals surface area contributed by atoms with E-state index >= 15 is 0 Å². The molecule has 0 saturated carbocycles. The van der Waals surface area contributed by atoms with Crippen LogP contribution in [0.5, 0.6) is 5.75 Å². The van der Waals surface area contributed by atoms with Crippen LogP contribution < -0.4 is 10.3 Å². The highest BCUT2D eigenvalue weighted by atomic mass is 16.5. The predicted octanol–water partition coefficient (Wildman–Crippen LogP) is 1.46. The summed E-state index contributed by atoms with van der Waals surface area (Å²) in [6.45, 7) is 3.08. The van der Waals surface area contributed by atoms with Gasteiger partial charge in [0, 0.05) is 18.7 Å². The Bertz CT molecular complexity index is 639. The van der Waals surface area contributed by atoms with Gasteiger partial charge in [-0.2, -0.15) is 5.10 Å². The molecule has 0 bridgehead atoms. The van der Waals surface area contributed by atoms with Crippen molar-refractivity contribution in [3.05, 3.63) is 42.0 Å². The predicted molar refractivity (Wildman–Crippen MR) is 84.4 cm³/mol. The second kappa shape index (κ2) is 6.86. The lowest BCUT2D eigenvalue weighted by Gasteiger charge is -2.27. The van der Waals surface area contributed by atoms with Gasteiger partial charge in [0.1, 0.15) is 5.75 Å². The number of hydrogen-bond donors (Lipinski definition) is 2. The highest BCUT2D eigenvalue weighted by Gasteiger charge is 2.12. The van der Waals surface area contributed by atoms with Crippen LogP contribution in [0.3, 0.4) is 0 Å². The molecule has 0 amide bonds. The molecular weight excluding hydrogens is 282 g/mol. The average Bonchev–Trinajstić information content (AvgIpc) is 2.58. The molecule has 1 aromatic heterocycles. The third-order valence-electron chi connectivity index (χ3n) is 3.31. The second-order valence-electron chi connectivity index (χ2n) is 4.81. The zero-order valence-corrected chi connectivity index (χ0v) is 12.0. The fraction of sp³-hybridized carbons (Fsp3) is 0.267. The van der Waals surface area contributed by atoms with Crippen molar-refractivity contribution in [2.45, 2.75) is 0 Å². The van der Waals surface area contributed by atoms with Crippen LogP contribution in [-0.4, -0.2) is 47.8 Å². The average molecular weight is 299 g/mol. The molecule has 1 aromatic carbocycles. The van der Waals surface area contributed by atoms with Crippen molar-refractivity contribution < 1.29 is 9.84 Å². The maximum atomic E-state index is 9.63. The number of benzene rings is 1. The Morgan fingerprint density at radius 1 is 1.14 bits per heavy atom. The molecule has 0 aliphatic carbocycles. The van der Waals surface area contributed by atoms with Gasteiger partial charge in [-0.15, -0.1) is 10.2 Å². The molecular formula is C15H17N5O2. The maximum Gasteiger partial charge on any atom is 0.168 e. The molecule has 2 aromatic rings. The van der Waals surface area contributed by atoms with Crippen molar-refractivity contribution in [2.75, 3.05) is 36.6 Å². The monoisotopic (exact) mass is 299 g/mol. The van der Waals surface area contributed by atoms with Crippen LogP contribution in [0.1, 0.15) is 5.56 Å². The van der Waals surface area contributed by atoms with E-state index in [0.717, 1.165) is 18.9 Å². The Balaban J connectivity index is 1.60. The SMILES string of the molecule is Oc1ccccc1/C=N\Nc1ccc(N2CCOCC2)nn1. The van der Waals surface area contributed by atoms with Crippen LogP contribution in [0, 0.1) is 0 Å². The number of aromatic nitrogens is 2. The van der Waals surface area contributed by atoms with Gasteiger partial charge in [0.05, 0.1) is 19.4 Å².